The maximum atomic E-state index is 12.7. The second-order valence-electron chi connectivity index (χ2n) is 5.95. The number of carbonyl (C=O) groups is 2. The molecular weight excluding hydrogens is 346 g/mol. The van der Waals surface area contributed by atoms with E-state index in [1.807, 2.05) is 0 Å². The maximum absolute atomic E-state index is 12.7. The first-order valence-corrected chi connectivity index (χ1v) is 9.85. The van der Waals surface area contributed by atoms with E-state index in [2.05, 4.69) is 5.32 Å². The summed E-state index contributed by atoms with van der Waals surface area (Å²) in [4.78, 5) is 25.9. The number of nitrogens with zero attached hydrogens (tertiary/aromatic N) is 2. The van der Waals surface area contributed by atoms with Crippen molar-refractivity contribution in [3.8, 4) is 5.75 Å². The van der Waals surface area contributed by atoms with Crippen LogP contribution < -0.4 is 10.1 Å². The fourth-order valence-corrected chi connectivity index (χ4v) is 3.97. The number of sulfonamides is 1. The number of fused-ring (bicyclic) bond motifs is 1. The fraction of sp³-hybridized carbons (Fsp3) is 0.500. The zero-order valence-electron chi connectivity index (χ0n) is 14.0. The summed E-state index contributed by atoms with van der Waals surface area (Å²) < 4.78 is 30.7. The maximum Gasteiger partial charge on any atom is 0.254 e. The van der Waals surface area contributed by atoms with E-state index in [0.29, 0.717) is 49.8 Å². The third kappa shape index (κ3) is 3.77. The van der Waals surface area contributed by atoms with Gasteiger partial charge in [-0.15, -0.1) is 0 Å². The molecule has 0 atom stereocenters. The summed E-state index contributed by atoms with van der Waals surface area (Å²) >= 11 is 0. The predicted molar refractivity (Wildman–Crippen MR) is 92.1 cm³/mol. The van der Waals surface area contributed by atoms with Gasteiger partial charge in [-0.2, -0.15) is 4.31 Å². The Morgan fingerprint density at radius 1 is 1.24 bits per heavy atom. The van der Waals surface area contributed by atoms with E-state index < -0.39 is 10.0 Å². The van der Waals surface area contributed by atoms with Gasteiger partial charge in [-0.05, 0) is 25.1 Å². The first-order valence-electron chi connectivity index (χ1n) is 8.24. The monoisotopic (exact) mass is 367 g/mol. The number of nitrogens with one attached hydrogen (secondary N) is 1. The molecule has 2 amide bonds. The molecule has 1 fully saturated rings. The molecule has 2 aliphatic heterocycles. The topological polar surface area (TPSA) is 96.0 Å². The molecule has 8 nitrogen and oxygen atoms in total. The molecule has 0 radical (unpaired) electrons. The minimum absolute atomic E-state index is 0.0610. The predicted octanol–water partition coefficient (Wildman–Crippen LogP) is 0.515. The van der Waals surface area contributed by atoms with Crippen LogP contribution in [0.3, 0.4) is 0 Å². The highest BCUT2D eigenvalue weighted by molar-refractivity contribution is 7.89. The van der Waals surface area contributed by atoms with Crippen molar-refractivity contribution >= 4 is 27.5 Å². The highest BCUT2D eigenvalue weighted by Crippen LogP contribution is 2.28. The number of anilines is 1. The molecular formula is C16H21N3O5S. The quantitative estimate of drug-likeness (QED) is 0.840. The van der Waals surface area contributed by atoms with Crippen molar-refractivity contribution in [3.63, 3.8) is 0 Å². The molecule has 3 rings (SSSR count). The molecule has 2 aliphatic rings. The standard InChI is InChI=1S/C16H21N3O5S/c1-2-25(22,23)19-8-6-18(7-9-19)16(21)12-3-4-14-13(11-12)17-15(20)5-10-24-14/h3-4,11H,2,5-10H2,1H3,(H,17,20). The molecule has 9 heteroatoms. The third-order valence-corrected chi connectivity index (χ3v) is 6.25. The third-order valence-electron chi connectivity index (χ3n) is 4.37. The van der Waals surface area contributed by atoms with E-state index in [0.717, 1.165) is 0 Å². The normalized spacial score (nSPS) is 18.8. The van der Waals surface area contributed by atoms with Crippen molar-refractivity contribution in [1.29, 1.82) is 0 Å². The average Bonchev–Trinajstić information content (AvgIpc) is 2.81. The largest absolute Gasteiger partial charge is 0.491 e. The number of amides is 2. The Labute approximate surface area is 146 Å². The van der Waals surface area contributed by atoms with Gasteiger partial charge in [0.05, 0.1) is 24.5 Å². The van der Waals surface area contributed by atoms with E-state index in [4.69, 9.17) is 4.74 Å². The molecule has 0 saturated carbocycles. The Morgan fingerprint density at radius 3 is 2.64 bits per heavy atom. The van der Waals surface area contributed by atoms with Crippen LogP contribution in [0.15, 0.2) is 18.2 Å². The van der Waals surface area contributed by atoms with E-state index >= 15 is 0 Å². The molecule has 1 aromatic carbocycles. The highest BCUT2D eigenvalue weighted by Gasteiger charge is 2.28. The van der Waals surface area contributed by atoms with Gasteiger partial charge in [-0.3, -0.25) is 9.59 Å². The Balaban J connectivity index is 1.71. The smallest absolute Gasteiger partial charge is 0.254 e. The van der Waals surface area contributed by atoms with Crippen LogP contribution in [0.25, 0.3) is 0 Å². The molecule has 1 N–H and O–H groups in total. The summed E-state index contributed by atoms with van der Waals surface area (Å²) in [6.07, 6.45) is 0.270. The van der Waals surface area contributed by atoms with Gasteiger partial charge in [0, 0.05) is 31.7 Å². The van der Waals surface area contributed by atoms with Crippen LogP contribution in [0, 0.1) is 0 Å². The van der Waals surface area contributed by atoms with Crippen molar-refractivity contribution in [1.82, 2.24) is 9.21 Å². The number of rotatable bonds is 3. The summed E-state index contributed by atoms with van der Waals surface area (Å²) in [5.41, 5.74) is 0.928. The number of hydrogen-bond donors (Lipinski definition) is 1. The SMILES string of the molecule is CCS(=O)(=O)N1CCN(C(=O)c2ccc3c(c2)NC(=O)CCO3)CC1. The van der Waals surface area contributed by atoms with Gasteiger partial charge in [0.1, 0.15) is 5.75 Å². The van der Waals surface area contributed by atoms with Crippen molar-refractivity contribution in [3.05, 3.63) is 23.8 Å². The molecule has 0 aliphatic carbocycles. The Kier molecular flexibility index (Phi) is 4.96. The number of piperazine rings is 1. The highest BCUT2D eigenvalue weighted by atomic mass is 32.2. The molecule has 2 heterocycles. The zero-order valence-corrected chi connectivity index (χ0v) is 14.8. The summed E-state index contributed by atoms with van der Waals surface area (Å²) in [6.45, 7) is 3.20. The lowest BCUT2D eigenvalue weighted by Gasteiger charge is -2.34. The Bertz CT molecular complexity index is 785. The first kappa shape index (κ1) is 17.7. The lowest BCUT2D eigenvalue weighted by atomic mass is 10.1. The van der Waals surface area contributed by atoms with Crippen LogP contribution in [0.2, 0.25) is 0 Å². The van der Waals surface area contributed by atoms with Crippen molar-refractivity contribution in [2.45, 2.75) is 13.3 Å². The van der Waals surface area contributed by atoms with Gasteiger partial charge in [-0.1, -0.05) is 0 Å². The van der Waals surface area contributed by atoms with Crippen molar-refractivity contribution in [2.75, 3.05) is 43.9 Å². The molecule has 1 aromatic rings. The molecule has 0 spiro atoms. The molecule has 25 heavy (non-hydrogen) atoms. The van der Waals surface area contributed by atoms with Gasteiger partial charge >= 0.3 is 0 Å². The van der Waals surface area contributed by atoms with Crippen LogP contribution in [-0.2, 0) is 14.8 Å². The fourth-order valence-electron chi connectivity index (χ4n) is 2.89. The minimum Gasteiger partial charge on any atom is -0.491 e. The average molecular weight is 367 g/mol. The van der Waals surface area contributed by atoms with Gasteiger partial charge in [0.15, 0.2) is 0 Å². The lowest BCUT2D eigenvalue weighted by molar-refractivity contribution is -0.116. The lowest BCUT2D eigenvalue weighted by Crippen LogP contribution is -2.50. The minimum atomic E-state index is -3.23. The number of ether oxygens (including phenoxy) is 1. The van der Waals surface area contributed by atoms with Crippen molar-refractivity contribution in [2.24, 2.45) is 0 Å². The summed E-state index contributed by atoms with van der Waals surface area (Å²) in [5, 5.41) is 2.73. The Morgan fingerprint density at radius 2 is 1.96 bits per heavy atom. The van der Waals surface area contributed by atoms with Gasteiger partial charge in [0.2, 0.25) is 15.9 Å². The van der Waals surface area contributed by atoms with Crippen LogP contribution in [-0.4, -0.2) is 68.0 Å². The second kappa shape index (κ2) is 7.01. The van der Waals surface area contributed by atoms with Gasteiger partial charge in [-0.25, -0.2) is 8.42 Å². The van der Waals surface area contributed by atoms with Crippen LogP contribution in [0.5, 0.6) is 5.75 Å². The summed E-state index contributed by atoms with van der Waals surface area (Å²) in [6, 6.07) is 4.94. The van der Waals surface area contributed by atoms with E-state index in [1.165, 1.54) is 4.31 Å². The number of benzene rings is 1. The summed E-state index contributed by atoms with van der Waals surface area (Å²) in [7, 11) is -3.23. The molecule has 0 bridgehead atoms. The molecule has 136 valence electrons. The Hall–Kier alpha value is -2.13. The molecule has 0 aromatic heterocycles. The second-order valence-corrected chi connectivity index (χ2v) is 8.21. The zero-order chi connectivity index (χ0) is 18.0. The van der Waals surface area contributed by atoms with Crippen LogP contribution >= 0.6 is 0 Å². The van der Waals surface area contributed by atoms with Crippen molar-refractivity contribution < 1.29 is 22.7 Å². The summed E-state index contributed by atoms with van der Waals surface area (Å²) in [5.74, 6) is 0.267. The first-order chi connectivity index (χ1) is 11.9. The van der Waals surface area contributed by atoms with E-state index in [1.54, 1.807) is 30.0 Å². The number of carbonyl (C=O) groups excluding carboxylic acids is 2. The molecule has 0 unspecified atom stereocenters. The van der Waals surface area contributed by atoms with Crippen LogP contribution in [0.4, 0.5) is 5.69 Å². The van der Waals surface area contributed by atoms with Gasteiger partial charge < -0.3 is 15.0 Å². The number of hydrogen-bond acceptors (Lipinski definition) is 5. The molecule has 1 saturated heterocycles. The van der Waals surface area contributed by atoms with Gasteiger partial charge in [0.25, 0.3) is 5.91 Å². The van der Waals surface area contributed by atoms with E-state index in [-0.39, 0.29) is 24.0 Å². The van der Waals surface area contributed by atoms with E-state index in [9.17, 15) is 18.0 Å². The van der Waals surface area contributed by atoms with Crippen LogP contribution in [0.1, 0.15) is 23.7 Å².